The molecule has 1 atom stereocenters. The monoisotopic (exact) mass is 352 g/mol. The van der Waals surface area contributed by atoms with Crippen LogP contribution in [0, 0.1) is 5.92 Å². The topological polar surface area (TPSA) is 77.0 Å². The second-order valence-electron chi connectivity index (χ2n) is 7.14. The minimum absolute atomic E-state index is 0.0184. The fourth-order valence-electron chi connectivity index (χ4n) is 3.90. The lowest BCUT2D eigenvalue weighted by Gasteiger charge is -2.62. The van der Waals surface area contributed by atoms with E-state index in [1.165, 1.54) is 6.20 Å². The largest absolute Gasteiger partial charge is 0.419 e. The highest BCUT2D eigenvalue weighted by Gasteiger charge is 2.58. The lowest BCUT2D eigenvalue weighted by atomic mass is 9.49. The highest BCUT2D eigenvalue weighted by Crippen LogP contribution is 2.63. The molecule has 3 fully saturated rings. The van der Waals surface area contributed by atoms with Gasteiger partial charge in [0.25, 0.3) is 0 Å². The first-order valence-corrected chi connectivity index (χ1v) is 8.34. The first-order chi connectivity index (χ1) is 11.7. The zero-order chi connectivity index (χ0) is 18.0. The number of anilines is 1. The Morgan fingerprint density at radius 2 is 2.08 bits per heavy atom. The molecule has 0 aromatic carbocycles. The van der Waals surface area contributed by atoms with Crippen LogP contribution in [0.4, 0.5) is 19.0 Å². The number of aliphatic hydroxyl groups is 1. The van der Waals surface area contributed by atoms with Gasteiger partial charge < -0.3 is 15.4 Å². The van der Waals surface area contributed by atoms with Crippen molar-refractivity contribution < 1.29 is 18.3 Å². The summed E-state index contributed by atoms with van der Waals surface area (Å²) in [5.41, 5.74) is 5.01. The van der Waals surface area contributed by atoms with E-state index in [1.54, 1.807) is 6.20 Å². The van der Waals surface area contributed by atoms with E-state index in [1.807, 2.05) is 11.5 Å². The number of nitrogens with zero attached hydrogens (tertiary/aromatic N) is 3. The SMILES string of the molecule is CCC(O)c1nc(-c2cnc(N)c(C(F)(F)F)c2)cn1C12CC(C1)C2. The maximum atomic E-state index is 13.1. The van der Waals surface area contributed by atoms with Crippen molar-refractivity contribution in [3.8, 4) is 11.3 Å². The third kappa shape index (κ3) is 2.42. The van der Waals surface area contributed by atoms with Gasteiger partial charge in [0.2, 0.25) is 0 Å². The second kappa shape index (κ2) is 5.20. The Kier molecular flexibility index (Phi) is 3.41. The maximum Gasteiger partial charge on any atom is 0.419 e. The fourth-order valence-corrected chi connectivity index (χ4v) is 3.90. The van der Waals surface area contributed by atoms with Gasteiger partial charge >= 0.3 is 6.18 Å². The zero-order valence-electron chi connectivity index (χ0n) is 13.7. The predicted octanol–water partition coefficient (Wildman–Crippen LogP) is 3.50. The molecule has 3 aliphatic rings. The summed E-state index contributed by atoms with van der Waals surface area (Å²) in [6.45, 7) is 1.85. The Morgan fingerprint density at radius 1 is 1.40 bits per heavy atom. The summed E-state index contributed by atoms with van der Waals surface area (Å²) in [4.78, 5) is 8.12. The van der Waals surface area contributed by atoms with E-state index in [0.29, 0.717) is 17.9 Å². The van der Waals surface area contributed by atoms with Gasteiger partial charge in [-0.2, -0.15) is 13.2 Å². The van der Waals surface area contributed by atoms with Gasteiger partial charge in [-0.25, -0.2) is 9.97 Å². The molecule has 3 aliphatic carbocycles. The molecule has 8 heteroatoms. The standard InChI is InChI=1S/C17H19F3N4O/c1-2-13(25)15-23-12(8-24(15)16-4-9(5-16)6-16)10-3-11(17(18,19)20)14(21)22-7-10/h3,7-9,13,25H,2,4-6H2,1H3,(H2,21,22). The molecule has 0 saturated heterocycles. The normalized spacial score (nSPS) is 26.0. The number of nitrogen functional groups attached to an aromatic ring is 1. The Morgan fingerprint density at radius 3 is 2.60 bits per heavy atom. The van der Waals surface area contributed by atoms with Crippen molar-refractivity contribution in [3.63, 3.8) is 0 Å². The molecule has 2 bridgehead atoms. The van der Waals surface area contributed by atoms with Crippen molar-refractivity contribution >= 4 is 5.82 Å². The highest BCUT2D eigenvalue weighted by molar-refractivity contribution is 5.62. The highest BCUT2D eigenvalue weighted by atomic mass is 19.4. The van der Waals surface area contributed by atoms with E-state index in [9.17, 15) is 18.3 Å². The van der Waals surface area contributed by atoms with Crippen molar-refractivity contribution in [1.29, 1.82) is 0 Å². The number of pyridine rings is 1. The van der Waals surface area contributed by atoms with Crippen LogP contribution in [0.25, 0.3) is 11.3 Å². The Bertz CT molecular complexity index is 813. The van der Waals surface area contributed by atoms with Crippen LogP contribution >= 0.6 is 0 Å². The van der Waals surface area contributed by atoms with Crippen LogP contribution in [-0.2, 0) is 11.7 Å². The summed E-state index contributed by atoms with van der Waals surface area (Å²) in [7, 11) is 0. The molecule has 0 spiro atoms. The van der Waals surface area contributed by atoms with Crippen molar-refractivity contribution in [2.45, 2.75) is 50.4 Å². The van der Waals surface area contributed by atoms with Gasteiger partial charge in [0, 0.05) is 23.5 Å². The van der Waals surface area contributed by atoms with Gasteiger partial charge in [-0.15, -0.1) is 0 Å². The number of alkyl halides is 3. The summed E-state index contributed by atoms with van der Waals surface area (Å²) >= 11 is 0. The third-order valence-electron chi connectivity index (χ3n) is 5.45. The van der Waals surface area contributed by atoms with E-state index in [2.05, 4.69) is 9.97 Å². The van der Waals surface area contributed by atoms with Crippen molar-refractivity contribution in [2.75, 3.05) is 5.73 Å². The number of hydrogen-bond donors (Lipinski definition) is 2. The summed E-state index contributed by atoms with van der Waals surface area (Å²) in [5, 5.41) is 10.3. The van der Waals surface area contributed by atoms with Gasteiger partial charge in [0.05, 0.1) is 11.3 Å². The number of aliphatic hydroxyl groups excluding tert-OH is 1. The molecule has 0 amide bonds. The van der Waals surface area contributed by atoms with Crippen LogP contribution in [-0.4, -0.2) is 19.6 Å². The van der Waals surface area contributed by atoms with Gasteiger partial charge in [-0.3, -0.25) is 0 Å². The third-order valence-corrected chi connectivity index (χ3v) is 5.45. The van der Waals surface area contributed by atoms with E-state index < -0.39 is 23.7 Å². The molecule has 25 heavy (non-hydrogen) atoms. The number of hydrogen-bond acceptors (Lipinski definition) is 4. The van der Waals surface area contributed by atoms with E-state index >= 15 is 0 Å². The first kappa shape index (κ1) is 16.4. The van der Waals surface area contributed by atoms with Crippen LogP contribution in [0.5, 0.6) is 0 Å². The van der Waals surface area contributed by atoms with Gasteiger partial charge in [0.1, 0.15) is 17.7 Å². The lowest BCUT2D eigenvalue weighted by Crippen LogP contribution is -2.59. The van der Waals surface area contributed by atoms with Crippen LogP contribution in [0.15, 0.2) is 18.5 Å². The van der Waals surface area contributed by atoms with Crippen LogP contribution in [0.2, 0.25) is 0 Å². The molecule has 0 aliphatic heterocycles. The minimum atomic E-state index is -4.57. The Hall–Kier alpha value is -2.09. The summed E-state index contributed by atoms with van der Waals surface area (Å²) in [6, 6.07) is 0.971. The van der Waals surface area contributed by atoms with Gasteiger partial charge in [0.15, 0.2) is 0 Å². The molecule has 5 rings (SSSR count). The van der Waals surface area contributed by atoms with E-state index in [4.69, 9.17) is 5.73 Å². The molecule has 3 saturated carbocycles. The fraction of sp³-hybridized carbons (Fsp3) is 0.529. The number of nitrogens with two attached hydrogens (primary N) is 1. The summed E-state index contributed by atoms with van der Waals surface area (Å²) in [5.74, 6) is 0.692. The molecule has 2 heterocycles. The van der Waals surface area contributed by atoms with Gasteiger partial charge in [-0.1, -0.05) is 6.92 Å². The van der Waals surface area contributed by atoms with Crippen molar-refractivity contribution in [3.05, 3.63) is 29.8 Å². The molecule has 5 nitrogen and oxygen atoms in total. The molecule has 3 N–H and O–H groups in total. The molecule has 0 radical (unpaired) electrons. The van der Waals surface area contributed by atoms with Gasteiger partial charge in [-0.05, 0) is 37.7 Å². The van der Waals surface area contributed by atoms with Crippen LogP contribution < -0.4 is 5.73 Å². The summed E-state index contributed by atoms with van der Waals surface area (Å²) in [6.07, 6.45) is 1.34. The number of imidazole rings is 1. The van der Waals surface area contributed by atoms with Crippen LogP contribution in [0.1, 0.15) is 50.1 Å². The zero-order valence-corrected chi connectivity index (χ0v) is 13.7. The minimum Gasteiger partial charge on any atom is -0.385 e. The number of aromatic nitrogens is 3. The maximum absolute atomic E-state index is 13.1. The molecule has 2 aromatic rings. The molecular formula is C17H19F3N4O. The van der Waals surface area contributed by atoms with Crippen molar-refractivity contribution in [1.82, 2.24) is 14.5 Å². The Balaban J connectivity index is 1.79. The van der Waals surface area contributed by atoms with Crippen LogP contribution in [0.3, 0.4) is 0 Å². The predicted molar refractivity (Wildman–Crippen MR) is 85.4 cm³/mol. The number of halogens is 3. The Labute approximate surface area is 142 Å². The average Bonchev–Trinajstić information content (AvgIpc) is 2.87. The van der Waals surface area contributed by atoms with E-state index in [-0.39, 0.29) is 11.1 Å². The molecule has 1 unspecified atom stereocenters. The number of rotatable bonds is 4. The molecular weight excluding hydrogens is 333 g/mol. The smallest absolute Gasteiger partial charge is 0.385 e. The molecule has 2 aromatic heterocycles. The lowest BCUT2D eigenvalue weighted by molar-refractivity contribution is -0.137. The average molecular weight is 352 g/mol. The van der Waals surface area contributed by atoms with E-state index in [0.717, 1.165) is 31.2 Å². The quantitative estimate of drug-likeness (QED) is 0.883. The summed E-state index contributed by atoms with van der Waals surface area (Å²) < 4.78 is 41.2. The second-order valence-corrected chi connectivity index (χ2v) is 7.14. The first-order valence-electron chi connectivity index (χ1n) is 8.34. The molecule has 134 valence electrons. The van der Waals surface area contributed by atoms with Crippen molar-refractivity contribution in [2.24, 2.45) is 5.92 Å².